The minimum Gasteiger partial charge on any atom is -0.391 e. The third kappa shape index (κ3) is 4.15. The molecule has 6 nitrogen and oxygen atoms in total. The molecule has 25 heavy (non-hydrogen) atoms. The second-order valence-corrected chi connectivity index (χ2v) is 6.60. The largest absolute Gasteiger partial charge is 0.391 e. The fourth-order valence-corrected chi connectivity index (χ4v) is 2.93. The third-order valence-corrected chi connectivity index (χ3v) is 4.55. The summed E-state index contributed by atoms with van der Waals surface area (Å²) in [6.07, 6.45) is 2.92. The van der Waals surface area contributed by atoms with Gasteiger partial charge in [-0.1, -0.05) is 12.1 Å². The number of hydrogen-bond donors (Lipinski definition) is 3. The SMILES string of the molecule is CN(C)c1ccc(-c2cncc(C(=O)NCC3CNCC3O)c2)cc1. The van der Waals surface area contributed by atoms with Crippen molar-refractivity contribution >= 4 is 11.6 Å². The number of carbonyl (C=O) groups excluding carboxylic acids is 1. The van der Waals surface area contributed by atoms with Crippen molar-refractivity contribution in [3.8, 4) is 11.1 Å². The quantitative estimate of drug-likeness (QED) is 0.760. The molecular weight excluding hydrogens is 316 g/mol. The lowest BCUT2D eigenvalue weighted by Gasteiger charge is -2.14. The topological polar surface area (TPSA) is 77.5 Å². The van der Waals surface area contributed by atoms with Crippen molar-refractivity contribution in [3.05, 3.63) is 48.3 Å². The number of hydrogen-bond acceptors (Lipinski definition) is 5. The maximum absolute atomic E-state index is 12.4. The van der Waals surface area contributed by atoms with E-state index in [9.17, 15) is 9.90 Å². The molecule has 1 aromatic carbocycles. The number of pyridine rings is 1. The van der Waals surface area contributed by atoms with E-state index in [4.69, 9.17) is 0 Å². The van der Waals surface area contributed by atoms with Gasteiger partial charge in [0, 0.05) is 63.3 Å². The average Bonchev–Trinajstić information content (AvgIpc) is 3.05. The highest BCUT2D eigenvalue weighted by atomic mass is 16.3. The Kier molecular flexibility index (Phi) is 5.31. The molecule has 2 aromatic rings. The van der Waals surface area contributed by atoms with Gasteiger partial charge in [-0.05, 0) is 23.8 Å². The number of aromatic nitrogens is 1. The van der Waals surface area contributed by atoms with Gasteiger partial charge in [-0.3, -0.25) is 9.78 Å². The normalized spacial score (nSPS) is 19.6. The minimum atomic E-state index is -0.403. The fourth-order valence-electron chi connectivity index (χ4n) is 2.93. The molecule has 2 atom stereocenters. The first-order chi connectivity index (χ1) is 12.0. The Balaban J connectivity index is 1.69. The van der Waals surface area contributed by atoms with Crippen molar-refractivity contribution in [1.82, 2.24) is 15.6 Å². The Bertz CT molecular complexity index is 730. The van der Waals surface area contributed by atoms with Crippen molar-refractivity contribution in [3.63, 3.8) is 0 Å². The van der Waals surface area contributed by atoms with E-state index in [1.807, 2.05) is 49.3 Å². The molecule has 1 saturated heterocycles. The standard InChI is InChI=1S/C19H24N4O2/c1-23(2)17-5-3-13(4-6-17)14-7-15(9-20-8-14)19(25)22-11-16-10-21-12-18(16)24/h3-9,16,18,21,24H,10-12H2,1-2H3,(H,22,25). The first-order valence-electron chi connectivity index (χ1n) is 8.44. The molecule has 1 amide bonds. The van der Waals surface area contributed by atoms with Crippen LogP contribution in [0.1, 0.15) is 10.4 Å². The van der Waals surface area contributed by atoms with Gasteiger partial charge in [-0.2, -0.15) is 0 Å². The number of anilines is 1. The van der Waals surface area contributed by atoms with Gasteiger partial charge in [-0.25, -0.2) is 0 Å². The van der Waals surface area contributed by atoms with Crippen LogP contribution in [-0.2, 0) is 0 Å². The molecule has 0 saturated carbocycles. The Hall–Kier alpha value is -2.44. The highest BCUT2D eigenvalue weighted by Crippen LogP contribution is 2.22. The molecule has 0 bridgehead atoms. The second-order valence-electron chi connectivity index (χ2n) is 6.60. The van der Waals surface area contributed by atoms with Gasteiger partial charge in [-0.15, -0.1) is 0 Å². The van der Waals surface area contributed by atoms with Gasteiger partial charge in [0.1, 0.15) is 0 Å². The molecule has 0 radical (unpaired) electrons. The maximum atomic E-state index is 12.4. The van der Waals surface area contributed by atoms with E-state index in [0.29, 0.717) is 18.7 Å². The number of amides is 1. The number of β-amino-alcohol motifs (C(OH)–C–C–N with tert-alkyl or cyclic N) is 1. The van der Waals surface area contributed by atoms with E-state index in [0.717, 1.165) is 23.4 Å². The molecule has 3 N–H and O–H groups in total. The lowest BCUT2D eigenvalue weighted by atomic mass is 10.0. The van der Waals surface area contributed by atoms with Crippen LogP contribution in [0.3, 0.4) is 0 Å². The number of benzene rings is 1. The van der Waals surface area contributed by atoms with Crippen molar-refractivity contribution in [2.75, 3.05) is 38.6 Å². The number of nitrogens with one attached hydrogen (secondary N) is 2. The molecule has 132 valence electrons. The monoisotopic (exact) mass is 340 g/mol. The number of aliphatic hydroxyl groups is 1. The zero-order chi connectivity index (χ0) is 17.8. The first kappa shape index (κ1) is 17.4. The summed E-state index contributed by atoms with van der Waals surface area (Å²) in [5, 5.41) is 15.8. The fraction of sp³-hybridized carbons (Fsp3) is 0.368. The molecule has 1 aromatic heterocycles. The third-order valence-electron chi connectivity index (χ3n) is 4.55. The van der Waals surface area contributed by atoms with Crippen LogP contribution in [0, 0.1) is 5.92 Å². The molecule has 2 unspecified atom stereocenters. The molecule has 1 aliphatic rings. The summed E-state index contributed by atoms with van der Waals surface area (Å²) in [6.45, 7) is 1.76. The van der Waals surface area contributed by atoms with Gasteiger partial charge in [0.25, 0.3) is 5.91 Å². The molecule has 0 aliphatic carbocycles. The summed E-state index contributed by atoms with van der Waals surface area (Å²) in [7, 11) is 4.00. The van der Waals surface area contributed by atoms with Crippen LogP contribution in [0.2, 0.25) is 0 Å². The molecule has 3 rings (SSSR count). The predicted octanol–water partition coefficient (Wildman–Crippen LogP) is 1.12. The van der Waals surface area contributed by atoms with Crippen molar-refractivity contribution in [2.45, 2.75) is 6.10 Å². The highest BCUT2D eigenvalue weighted by molar-refractivity contribution is 5.95. The summed E-state index contributed by atoms with van der Waals surface area (Å²) in [5.41, 5.74) is 3.56. The van der Waals surface area contributed by atoms with Crippen LogP contribution in [0.5, 0.6) is 0 Å². The smallest absolute Gasteiger partial charge is 0.252 e. The van der Waals surface area contributed by atoms with Gasteiger partial charge < -0.3 is 20.6 Å². The number of carbonyl (C=O) groups is 1. The Morgan fingerprint density at radius 2 is 2.00 bits per heavy atom. The summed E-state index contributed by atoms with van der Waals surface area (Å²) in [6, 6.07) is 9.96. The van der Waals surface area contributed by atoms with Gasteiger partial charge in [0.05, 0.1) is 11.7 Å². The van der Waals surface area contributed by atoms with Crippen LogP contribution >= 0.6 is 0 Å². The first-order valence-corrected chi connectivity index (χ1v) is 8.44. The lowest BCUT2D eigenvalue weighted by molar-refractivity contribution is 0.0926. The van der Waals surface area contributed by atoms with Crippen LogP contribution in [0.4, 0.5) is 5.69 Å². The van der Waals surface area contributed by atoms with Crippen molar-refractivity contribution in [1.29, 1.82) is 0 Å². The maximum Gasteiger partial charge on any atom is 0.252 e. The summed E-state index contributed by atoms with van der Waals surface area (Å²) in [4.78, 5) is 18.6. The molecule has 6 heteroatoms. The van der Waals surface area contributed by atoms with Crippen LogP contribution in [0.15, 0.2) is 42.7 Å². The predicted molar refractivity (Wildman–Crippen MR) is 98.7 cm³/mol. The summed E-state index contributed by atoms with van der Waals surface area (Å²) in [5.74, 6) is -0.114. The van der Waals surface area contributed by atoms with E-state index in [1.165, 1.54) is 0 Å². The van der Waals surface area contributed by atoms with Crippen LogP contribution < -0.4 is 15.5 Å². The molecule has 0 spiro atoms. The van der Waals surface area contributed by atoms with Gasteiger partial charge >= 0.3 is 0 Å². The lowest BCUT2D eigenvalue weighted by Crippen LogP contribution is -2.34. The number of nitrogens with zero attached hydrogens (tertiary/aromatic N) is 2. The second kappa shape index (κ2) is 7.63. The van der Waals surface area contributed by atoms with E-state index < -0.39 is 6.10 Å². The number of aliphatic hydroxyl groups excluding tert-OH is 1. The van der Waals surface area contributed by atoms with Crippen LogP contribution in [-0.4, -0.2) is 55.8 Å². The van der Waals surface area contributed by atoms with Crippen molar-refractivity contribution < 1.29 is 9.90 Å². The van der Waals surface area contributed by atoms with E-state index >= 15 is 0 Å². The van der Waals surface area contributed by atoms with Gasteiger partial charge in [0.15, 0.2) is 0 Å². The molecular formula is C19H24N4O2. The Labute approximate surface area is 147 Å². The molecule has 2 heterocycles. The summed E-state index contributed by atoms with van der Waals surface area (Å²) < 4.78 is 0. The zero-order valence-corrected chi connectivity index (χ0v) is 14.6. The van der Waals surface area contributed by atoms with Crippen molar-refractivity contribution in [2.24, 2.45) is 5.92 Å². The molecule has 1 fully saturated rings. The Morgan fingerprint density at radius 1 is 1.24 bits per heavy atom. The minimum absolute atomic E-state index is 0.0543. The van der Waals surface area contributed by atoms with E-state index in [2.05, 4.69) is 15.6 Å². The van der Waals surface area contributed by atoms with Crippen LogP contribution in [0.25, 0.3) is 11.1 Å². The zero-order valence-electron chi connectivity index (χ0n) is 14.6. The molecule has 1 aliphatic heterocycles. The van der Waals surface area contributed by atoms with E-state index in [1.54, 1.807) is 12.4 Å². The average molecular weight is 340 g/mol. The highest BCUT2D eigenvalue weighted by Gasteiger charge is 2.25. The van der Waals surface area contributed by atoms with Gasteiger partial charge in [0.2, 0.25) is 0 Å². The summed E-state index contributed by atoms with van der Waals surface area (Å²) >= 11 is 0. The number of rotatable bonds is 5. The Morgan fingerprint density at radius 3 is 2.64 bits per heavy atom. The van der Waals surface area contributed by atoms with E-state index in [-0.39, 0.29) is 11.8 Å².